The van der Waals surface area contributed by atoms with Crippen LogP contribution in [0, 0.1) is 0 Å². The predicted molar refractivity (Wildman–Crippen MR) is 74.2 cm³/mol. The number of fused-ring (bicyclic) bond motifs is 1. The van der Waals surface area contributed by atoms with E-state index >= 15 is 0 Å². The number of hydrogen-bond donors (Lipinski definition) is 1. The zero-order valence-corrected chi connectivity index (χ0v) is 11.0. The highest BCUT2D eigenvalue weighted by molar-refractivity contribution is 5.90. The van der Waals surface area contributed by atoms with Gasteiger partial charge in [-0.15, -0.1) is 0 Å². The fraction of sp³-hybridized carbons (Fsp3) is 0.385. The number of nitrogens with zero attached hydrogens (tertiary/aromatic N) is 3. The molecular weight excluding hydrogens is 228 g/mol. The molecule has 0 bridgehead atoms. The van der Waals surface area contributed by atoms with E-state index in [-0.39, 0.29) is 0 Å². The first-order valence-corrected chi connectivity index (χ1v) is 5.91. The van der Waals surface area contributed by atoms with E-state index < -0.39 is 0 Å². The normalized spacial score (nSPS) is 10.6. The van der Waals surface area contributed by atoms with E-state index in [9.17, 15) is 0 Å². The van der Waals surface area contributed by atoms with Crippen LogP contribution in [0.4, 0.5) is 11.8 Å². The number of hydrogen-bond acceptors (Lipinski definition) is 5. The van der Waals surface area contributed by atoms with Crippen molar-refractivity contribution in [2.45, 2.75) is 0 Å². The SMILES string of the molecule is CNc1nc(N(C)CCOC)c2ccccc2n1. The summed E-state index contributed by atoms with van der Waals surface area (Å²) >= 11 is 0. The number of rotatable bonds is 5. The number of anilines is 2. The van der Waals surface area contributed by atoms with Gasteiger partial charge in [0.1, 0.15) is 5.82 Å². The number of aromatic nitrogens is 2. The van der Waals surface area contributed by atoms with Crippen molar-refractivity contribution in [3.63, 3.8) is 0 Å². The number of ether oxygens (including phenoxy) is 1. The van der Waals surface area contributed by atoms with Gasteiger partial charge in [-0.05, 0) is 12.1 Å². The summed E-state index contributed by atoms with van der Waals surface area (Å²) in [4.78, 5) is 11.0. The van der Waals surface area contributed by atoms with E-state index in [0.29, 0.717) is 12.6 Å². The first-order valence-electron chi connectivity index (χ1n) is 5.91. The summed E-state index contributed by atoms with van der Waals surface area (Å²) in [5.74, 6) is 1.55. The zero-order chi connectivity index (χ0) is 13.0. The Morgan fingerprint density at radius 3 is 2.78 bits per heavy atom. The van der Waals surface area contributed by atoms with E-state index in [1.807, 2.05) is 38.4 Å². The maximum Gasteiger partial charge on any atom is 0.224 e. The average molecular weight is 246 g/mol. The molecule has 1 heterocycles. The highest BCUT2D eigenvalue weighted by atomic mass is 16.5. The summed E-state index contributed by atoms with van der Waals surface area (Å²) in [7, 11) is 5.53. The largest absolute Gasteiger partial charge is 0.383 e. The second kappa shape index (κ2) is 5.64. The standard InChI is InChI=1S/C13H18N4O/c1-14-13-15-11-7-5-4-6-10(11)12(16-13)17(2)8-9-18-3/h4-7H,8-9H2,1-3H3,(H,14,15,16). The first-order chi connectivity index (χ1) is 8.76. The molecule has 5 nitrogen and oxygen atoms in total. The molecule has 0 saturated carbocycles. The number of likely N-dealkylation sites (N-methyl/N-ethyl adjacent to an activating group) is 1. The van der Waals surface area contributed by atoms with Crippen molar-refractivity contribution in [3.05, 3.63) is 24.3 Å². The molecular formula is C13H18N4O. The number of nitrogens with one attached hydrogen (secondary N) is 1. The van der Waals surface area contributed by atoms with Gasteiger partial charge in [0.15, 0.2) is 0 Å². The Kier molecular flexibility index (Phi) is 3.94. The van der Waals surface area contributed by atoms with Gasteiger partial charge in [-0.25, -0.2) is 4.98 Å². The smallest absolute Gasteiger partial charge is 0.224 e. The molecule has 1 N–H and O–H groups in total. The van der Waals surface area contributed by atoms with Crippen molar-refractivity contribution >= 4 is 22.7 Å². The second-order valence-electron chi connectivity index (χ2n) is 4.05. The first kappa shape index (κ1) is 12.6. The highest BCUT2D eigenvalue weighted by Gasteiger charge is 2.10. The molecule has 0 amide bonds. The third-order valence-electron chi connectivity index (χ3n) is 2.80. The van der Waals surface area contributed by atoms with E-state index in [1.165, 1.54) is 0 Å². The van der Waals surface area contributed by atoms with E-state index in [4.69, 9.17) is 4.74 Å². The van der Waals surface area contributed by atoms with Gasteiger partial charge in [0.25, 0.3) is 0 Å². The lowest BCUT2D eigenvalue weighted by molar-refractivity contribution is 0.206. The van der Waals surface area contributed by atoms with Crippen molar-refractivity contribution in [3.8, 4) is 0 Å². The number of para-hydroxylation sites is 1. The lowest BCUT2D eigenvalue weighted by atomic mass is 10.2. The highest BCUT2D eigenvalue weighted by Crippen LogP contribution is 2.24. The summed E-state index contributed by atoms with van der Waals surface area (Å²) in [6.07, 6.45) is 0. The molecule has 0 saturated heterocycles. The topological polar surface area (TPSA) is 50.3 Å². The van der Waals surface area contributed by atoms with Crippen LogP contribution >= 0.6 is 0 Å². The summed E-state index contributed by atoms with van der Waals surface area (Å²) in [6.45, 7) is 1.46. The van der Waals surface area contributed by atoms with E-state index in [2.05, 4.69) is 20.2 Å². The quantitative estimate of drug-likeness (QED) is 0.871. The fourth-order valence-electron chi connectivity index (χ4n) is 1.80. The third kappa shape index (κ3) is 2.51. The minimum atomic E-state index is 0.632. The van der Waals surface area contributed by atoms with Gasteiger partial charge in [-0.3, -0.25) is 0 Å². The van der Waals surface area contributed by atoms with Gasteiger partial charge < -0.3 is 15.0 Å². The van der Waals surface area contributed by atoms with Gasteiger partial charge in [-0.2, -0.15) is 4.98 Å². The Morgan fingerprint density at radius 2 is 2.06 bits per heavy atom. The summed E-state index contributed by atoms with van der Waals surface area (Å²) < 4.78 is 5.10. The molecule has 1 aromatic heterocycles. The van der Waals surface area contributed by atoms with Crippen LogP contribution in [0.3, 0.4) is 0 Å². The molecule has 0 spiro atoms. The van der Waals surface area contributed by atoms with Gasteiger partial charge in [-0.1, -0.05) is 12.1 Å². The van der Waals surface area contributed by atoms with Crippen molar-refractivity contribution < 1.29 is 4.74 Å². The Hall–Kier alpha value is -1.88. The van der Waals surface area contributed by atoms with Crippen LogP contribution in [0.1, 0.15) is 0 Å². The maximum atomic E-state index is 5.10. The molecule has 5 heteroatoms. The number of benzene rings is 1. The monoisotopic (exact) mass is 246 g/mol. The third-order valence-corrected chi connectivity index (χ3v) is 2.80. The van der Waals surface area contributed by atoms with Crippen molar-refractivity contribution in [1.29, 1.82) is 0 Å². The molecule has 0 atom stereocenters. The molecule has 18 heavy (non-hydrogen) atoms. The van der Waals surface area contributed by atoms with Gasteiger partial charge in [0.2, 0.25) is 5.95 Å². The molecule has 0 aliphatic rings. The fourth-order valence-corrected chi connectivity index (χ4v) is 1.80. The van der Waals surface area contributed by atoms with Crippen LogP contribution in [0.5, 0.6) is 0 Å². The van der Waals surface area contributed by atoms with Crippen molar-refractivity contribution in [2.24, 2.45) is 0 Å². The molecule has 0 aliphatic carbocycles. The Labute approximate surface area is 107 Å². The molecule has 0 radical (unpaired) electrons. The van der Waals surface area contributed by atoms with Gasteiger partial charge in [0, 0.05) is 33.1 Å². The van der Waals surface area contributed by atoms with Crippen LogP contribution in [0.25, 0.3) is 10.9 Å². The van der Waals surface area contributed by atoms with Gasteiger partial charge >= 0.3 is 0 Å². The Balaban J connectivity index is 2.46. The second-order valence-corrected chi connectivity index (χ2v) is 4.05. The Morgan fingerprint density at radius 1 is 1.28 bits per heavy atom. The Bertz CT molecular complexity index is 529. The van der Waals surface area contributed by atoms with Crippen LogP contribution in [0.15, 0.2) is 24.3 Å². The minimum Gasteiger partial charge on any atom is -0.383 e. The lowest BCUT2D eigenvalue weighted by Crippen LogP contribution is -2.23. The van der Waals surface area contributed by atoms with E-state index in [1.54, 1.807) is 7.11 Å². The maximum absolute atomic E-state index is 5.10. The van der Waals surface area contributed by atoms with Crippen molar-refractivity contribution in [1.82, 2.24) is 9.97 Å². The molecule has 0 aliphatic heterocycles. The van der Waals surface area contributed by atoms with Crippen molar-refractivity contribution in [2.75, 3.05) is 44.6 Å². The predicted octanol–water partition coefficient (Wildman–Crippen LogP) is 1.75. The minimum absolute atomic E-state index is 0.632. The number of methoxy groups -OCH3 is 1. The summed E-state index contributed by atoms with van der Waals surface area (Å²) in [5.41, 5.74) is 0.941. The molecule has 2 rings (SSSR count). The van der Waals surface area contributed by atoms with Crippen LogP contribution < -0.4 is 10.2 Å². The molecule has 0 unspecified atom stereocenters. The molecule has 96 valence electrons. The van der Waals surface area contributed by atoms with E-state index in [0.717, 1.165) is 23.3 Å². The average Bonchev–Trinajstić information content (AvgIpc) is 2.43. The summed E-state index contributed by atoms with van der Waals surface area (Å²) in [5, 5.41) is 4.04. The van der Waals surface area contributed by atoms with Crippen LogP contribution in [-0.2, 0) is 4.74 Å². The molecule has 2 aromatic rings. The zero-order valence-electron chi connectivity index (χ0n) is 11.0. The lowest BCUT2D eigenvalue weighted by Gasteiger charge is -2.20. The van der Waals surface area contributed by atoms with Crippen LogP contribution in [0.2, 0.25) is 0 Å². The van der Waals surface area contributed by atoms with Gasteiger partial charge in [0.05, 0.1) is 12.1 Å². The van der Waals surface area contributed by atoms with Crippen LogP contribution in [-0.4, -0.2) is 44.3 Å². The molecule has 1 aromatic carbocycles. The molecule has 0 fully saturated rings. The summed E-state index contributed by atoms with van der Waals surface area (Å²) in [6, 6.07) is 8.00.